The van der Waals surface area contributed by atoms with E-state index < -0.39 is 6.67 Å². The lowest BCUT2D eigenvalue weighted by molar-refractivity contribution is -0.132. The first-order chi connectivity index (χ1) is 12.7. The van der Waals surface area contributed by atoms with Crippen molar-refractivity contribution in [2.45, 2.75) is 25.3 Å². The zero-order chi connectivity index (χ0) is 17.9. The van der Waals surface area contributed by atoms with Crippen LogP contribution >= 0.6 is 0 Å². The number of amides is 1. The number of pyridine rings is 1. The molecule has 2 fully saturated rings. The highest BCUT2D eigenvalue weighted by Crippen LogP contribution is 2.48. The molecule has 4 heterocycles. The lowest BCUT2D eigenvalue weighted by Gasteiger charge is -2.46. The van der Waals surface area contributed by atoms with Crippen LogP contribution in [0.25, 0.3) is 5.82 Å². The summed E-state index contributed by atoms with van der Waals surface area (Å²) in [5.74, 6) is 1.79. The molecule has 6 heteroatoms. The van der Waals surface area contributed by atoms with Crippen LogP contribution in [-0.4, -0.2) is 46.7 Å². The summed E-state index contributed by atoms with van der Waals surface area (Å²) in [7, 11) is 0. The smallest absolute Gasteiger partial charge is 0.226 e. The quantitative estimate of drug-likeness (QED) is 0.851. The molecule has 1 spiro atoms. The molecule has 1 amide bonds. The first-order valence-electron chi connectivity index (χ1n) is 9.41. The van der Waals surface area contributed by atoms with Crippen molar-refractivity contribution in [2.75, 3.05) is 31.2 Å². The number of anilines is 1. The Morgan fingerprint density at radius 1 is 1.38 bits per heavy atom. The molecule has 0 N–H and O–H groups in total. The Hall–Kier alpha value is -2.37. The number of rotatable bonds is 3. The molecule has 1 saturated carbocycles. The average Bonchev–Trinajstić information content (AvgIpc) is 3.05. The van der Waals surface area contributed by atoms with Crippen molar-refractivity contribution >= 4 is 11.6 Å². The van der Waals surface area contributed by atoms with Crippen LogP contribution in [0.4, 0.5) is 10.1 Å². The fourth-order valence-corrected chi connectivity index (χ4v) is 4.83. The van der Waals surface area contributed by atoms with Crippen LogP contribution in [0, 0.1) is 11.8 Å². The highest BCUT2D eigenvalue weighted by atomic mass is 19.1. The van der Waals surface area contributed by atoms with Gasteiger partial charge >= 0.3 is 0 Å². The molecule has 136 valence electrons. The van der Waals surface area contributed by atoms with Crippen LogP contribution in [-0.2, 0) is 10.3 Å². The summed E-state index contributed by atoms with van der Waals surface area (Å²) in [5, 5.41) is 0. The van der Waals surface area contributed by atoms with Gasteiger partial charge in [-0.05, 0) is 43.0 Å². The van der Waals surface area contributed by atoms with Gasteiger partial charge in [-0.25, -0.2) is 9.37 Å². The van der Waals surface area contributed by atoms with Crippen LogP contribution in [0.3, 0.4) is 0 Å². The summed E-state index contributed by atoms with van der Waals surface area (Å²) in [5.41, 5.74) is 1.68. The van der Waals surface area contributed by atoms with Gasteiger partial charge < -0.3 is 14.4 Å². The number of likely N-dealkylation sites (tertiary alicyclic amines) is 1. The maximum atomic E-state index is 13.5. The minimum absolute atomic E-state index is 0.184. The van der Waals surface area contributed by atoms with Crippen LogP contribution in [0.1, 0.15) is 25.5 Å². The molecule has 2 aromatic heterocycles. The van der Waals surface area contributed by atoms with Gasteiger partial charge in [-0.15, -0.1) is 0 Å². The van der Waals surface area contributed by atoms with Crippen molar-refractivity contribution in [3.05, 3.63) is 42.4 Å². The van der Waals surface area contributed by atoms with Crippen molar-refractivity contribution in [1.29, 1.82) is 0 Å². The van der Waals surface area contributed by atoms with Gasteiger partial charge in [-0.1, -0.05) is 6.92 Å². The third-order valence-electron chi connectivity index (χ3n) is 6.32. The number of carbonyl (C=O) groups is 1. The summed E-state index contributed by atoms with van der Waals surface area (Å²) in [6.07, 6.45) is 5.61. The van der Waals surface area contributed by atoms with E-state index in [1.165, 1.54) is 0 Å². The third-order valence-corrected chi connectivity index (χ3v) is 6.32. The van der Waals surface area contributed by atoms with E-state index in [1.54, 1.807) is 6.20 Å². The van der Waals surface area contributed by atoms with Crippen LogP contribution in [0.15, 0.2) is 36.7 Å². The van der Waals surface area contributed by atoms with Gasteiger partial charge in [0.15, 0.2) is 5.82 Å². The van der Waals surface area contributed by atoms with Crippen LogP contribution in [0.5, 0.6) is 0 Å². The van der Waals surface area contributed by atoms with E-state index in [0.717, 1.165) is 36.6 Å². The van der Waals surface area contributed by atoms with E-state index in [0.29, 0.717) is 19.0 Å². The fourth-order valence-electron chi connectivity index (χ4n) is 4.83. The van der Waals surface area contributed by atoms with E-state index in [-0.39, 0.29) is 17.4 Å². The van der Waals surface area contributed by atoms with Gasteiger partial charge in [-0.2, -0.15) is 0 Å². The van der Waals surface area contributed by atoms with Gasteiger partial charge in [0.05, 0.1) is 11.4 Å². The Labute approximate surface area is 152 Å². The SMILES string of the molecule is C[C@@H]1C[C@@H]1C(=O)N1CC[C@]2(C1)c1cccn1-c1ncccc1N2CCF. The number of nitrogens with zero attached hydrogens (tertiary/aromatic N) is 4. The molecule has 0 unspecified atom stereocenters. The lowest BCUT2D eigenvalue weighted by atomic mass is 9.89. The number of halogens is 1. The molecule has 5 nitrogen and oxygen atoms in total. The molecule has 5 rings (SSSR count). The average molecular weight is 354 g/mol. The summed E-state index contributed by atoms with van der Waals surface area (Å²) in [6.45, 7) is 3.37. The standard InChI is InChI=1S/C20H23FN4O/c1-14-12-15(14)19(26)23-10-6-20(13-23)17-5-3-9-24(17)18-16(4-2-8-22-18)25(20)11-7-21/h2-5,8-9,14-15H,6-7,10-13H2,1H3/t14-,15+,20+/m1/s1. The van der Waals surface area contributed by atoms with E-state index in [2.05, 4.69) is 27.4 Å². The summed E-state index contributed by atoms with van der Waals surface area (Å²) in [6, 6.07) is 8.02. The number of carbonyl (C=O) groups excluding carboxylic acids is 1. The van der Waals surface area contributed by atoms with Crippen molar-refractivity contribution in [1.82, 2.24) is 14.5 Å². The van der Waals surface area contributed by atoms with E-state index >= 15 is 0 Å². The summed E-state index contributed by atoms with van der Waals surface area (Å²) in [4.78, 5) is 21.5. The minimum Gasteiger partial charge on any atom is -0.353 e. The number of aromatic nitrogens is 2. The molecule has 3 aliphatic rings. The third kappa shape index (κ3) is 2.07. The topological polar surface area (TPSA) is 41.4 Å². The molecule has 1 saturated heterocycles. The highest BCUT2D eigenvalue weighted by Gasteiger charge is 2.52. The molecule has 0 bridgehead atoms. The summed E-state index contributed by atoms with van der Waals surface area (Å²) < 4.78 is 15.6. The van der Waals surface area contributed by atoms with Gasteiger partial charge in [-0.3, -0.25) is 4.79 Å². The minimum atomic E-state index is -0.426. The van der Waals surface area contributed by atoms with Gasteiger partial charge in [0.25, 0.3) is 0 Å². The second-order valence-corrected chi connectivity index (χ2v) is 7.81. The number of hydrogen-bond donors (Lipinski definition) is 0. The van der Waals surface area contributed by atoms with Gasteiger partial charge in [0.2, 0.25) is 5.91 Å². The highest BCUT2D eigenvalue weighted by molar-refractivity contribution is 5.82. The molecule has 2 aromatic rings. The second-order valence-electron chi connectivity index (χ2n) is 7.81. The molecular weight excluding hydrogens is 331 g/mol. The Morgan fingerprint density at radius 3 is 3.00 bits per heavy atom. The Kier molecular flexibility index (Phi) is 3.39. The van der Waals surface area contributed by atoms with Gasteiger partial charge in [0.1, 0.15) is 12.2 Å². The van der Waals surface area contributed by atoms with Crippen molar-refractivity contribution < 1.29 is 9.18 Å². The predicted octanol–water partition coefficient (Wildman–Crippen LogP) is 2.75. The lowest BCUT2D eigenvalue weighted by Crippen LogP contribution is -2.53. The van der Waals surface area contributed by atoms with E-state index in [4.69, 9.17) is 0 Å². The molecule has 3 atom stereocenters. The van der Waals surface area contributed by atoms with Crippen LogP contribution in [0.2, 0.25) is 0 Å². The zero-order valence-electron chi connectivity index (χ0n) is 14.9. The first kappa shape index (κ1) is 15.9. The molecule has 2 aliphatic heterocycles. The number of alkyl halides is 1. The van der Waals surface area contributed by atoms with Crippen molar-refractivity contribution in [2.24, 2.45) is 11.8 Å². The summed E-state index contributed by atoms with van der Waals surface area (Å²) >= 11 is 0. The molecule has 0 radical (unpaired) electrons. The van der Waals surface area contributed by atoms with E-state index in [1.807, 2.05) is 29.3 Å². The molecule has 1 aliphatic carbocycles. The van der Waals surface area contributed by atoms with Crippen LogP contribution < -0.4 is 4.90 Å². The first-order valence-corrected chi connectivity index (χ1v) is 9.41. The Bertz CT molecular complexity index is 865. The number of hydrogen-bond acceptors (Lipinski definition) is 3. The van der Waals surface area contributed by atoms with Gasteiger partial charge in [0, 0.05) is 37.9 Å². The second kappa shape index (κ2) is 5.56. The Morgan fingerprint density at radius 2 is 2.23 bits per heavy atom. The zero-order valence-corrected chi connectivity index (χ0v) is 14.9. The normalized spacial score (nSPS) is 29.0. The largest absolute Gasteiger partial charge is 0.353 e. The molecule has 26 heavy (non-hydrogen) atoms. The van der Waals surface area contributed by atoms with E-state index in [9.17, 15) is 9.18 Å². The Balaban J connectivity index is 1.58. The molecular formula is C20H23FN4O. The monoisotopic (exact) mass is 354 g/mol. The predicted molar refractivity (Wildman–Crippen MR) is 97.0 cm³/mol. The fraction of sp³-hybridized carbons (Fsp3) is 0.500. The van der Waals surface area contributed by atoms with Crippen molar-refractivity contribution in [3.8, 4) is 5.82 Å². The maximum absolute atomic E-state index is 13.5. The number of fused-ring (bicyclic) bond motifs is 4. The van der Waals surface area contributed by atoms with Crippen molar-refractivity contribution in [3.63, 3.8) is 0 Å². The maximum Gasteiger partial charge on any atom is 0.226 e. The molecule has 0 aromatic carbocycles.